The fraction of sp³-hybridized carbons (Fsp3) is 1.00. The van der Waals surface area contributed by atoms with Crippen LogP contribution in [0.25, 0.3) is 0 Å². The first-order valence-electron chi connectivity index (χ1n) is 7.23. The number of nitrogens with zero attached hydrogens (tertiary/aromatic N) is 2. The highest BCUT2D eigenvalue weighted by molar-refractivity contribution is 5.00. The molecule has 2 rings (SSSR count). The molecule has 0 bridgehead atoms. The summed E-state index contributed by atoms with van der Waals surface area (Å²) in [6, 6.07) is 0.703. The van der Waals surface area contributed by atoms with Gasteiger partial charge in [-0.2, -0.15) is 0 Å². The van der Waals surface area contributed by atoms with E-state index in [9.17, 15) is 0 Å². The number of rotatable bonds is 2. The second-order valence-corrected chi connectivity index (χ2v) is 6.44. The maximum Gasteiger partial charge on any atom is 0.0461 e. The van der Waals surface area contributed by atoms with E-state index < -0.39 is 0 Å². The van der Waals surface area contributed by atoms with E-state index in [-0.39, 0.29) is 5.54 Å². The molecular formula is C14H29N3. The molecule has 0 aliphatic carbocycles. The van der Waals surface area contributed by atoms with Crippen molar-refractivity contribution in [3.63, 3.8) is 0 Å². The summed E-state index contributed by atoms with van der Waals surface area (Å²) in [5.74, 6) is 0.886. The molecular weight excluding hydrogens is 210 g/mol. The molecule has 0 aromatic heterocycles. The molecule has 2 aliphatic heterocycles. The first-order valence-corrected chi connectivity index (χ1v) is 7.23. The summed E-state index contributed by atoms with van der Waals surface area (Å²) in [6.07, 6.45) is 5.26. The van der Waals surface area contributed by atoms with Gasteiger partial charge in [-0.05, 0) is 58.7 Å². The summed E-state index contributed by atoms with van der Waals surface area (Å²) in [7, 11) is 2.24. The van der Waals surface area contributed by atoms with Crippen LogP contribution in [0, 0.1) is 5.92 Å². The molecule has 2 heterocycles. The quantitative estimate of drug-likeness (QED) is 0.793. The Bertz CT molecular complexity index is 256. The van der Waals surface area contributed by atoms with Gasteiger partial charge in [0.1, 0.15) is 0 Å². The smallest absolute Gasteiger partial charge is 0.0461 e. The Morgan fingerprint density at radius 2 is 2.06 bits per heavy atom. The summed E-state index contributed by atoms with van der Waals surface area (Å²) in [6.45, 7) is 9.23. The molecule has 0 spiro atoms. The topological polar surface area (TPSA) is 32.5 Å². The average molecular weight is 239 g/mol. The van der Waals surface area contributed by atoms with Gasteiger partial charge in [-0.1, -0.05) is 6.92 Å². The van der Waals surface area contributed by atoms with Crippen LogP contribution in [-0.4, -0.2) is 54.6 Å². The molecule has 2 aliphatic rings. The second-order valence-electron chi connectivity index (χ2n) is 6.44. The number of likely N-dealkylation sites (tertiary alicyclic amines) is 2. The number of piperidine rings is 2. The van der Waals surface area contributed by atoms with Gasteiger partial charge in [0.2, 0.25) is 0 Å². The van der Waals surface area contributed by atoms with E-state index in [4.69, 9.17) is 5.73 Å². The SMILES string of the molecule is CC1CCN(C2(CN)CCCN(C)C2)C(C)C1. The van der Waals surface area contributed by atoms with Crippen LogP contribution in [0.3, 0.4) is 0 Å². The molecule has 2 fully saturated rings. The number of nitrogens with two attached hydrogens (primary N) is 1. The van der Waals surface area contributed by atoms with E-state index in [1.54, 1.807) is 0 Å². The van der Waals surface area contributed by atoms with Crippen molar-refractivity contribution in [2.75, 3.05) is 33.2 Å². The molecule has 17 heavy (non-hydrogen) atoms. The minimum absolute atomic E-state index is 0.257. The van der Waals surface area contributed by atoms with Crippen molar-refractivity contribution in [1.82, 2.24) is 9.80 Å². The lowest BCUT2D eigenvalue weighted by molar-refractivity contribution is -0.0261. The van der Waals surface area contributed by atoms with Crippen LogP contribution in [0.4, 0.5) is 0 Å². The minimum atomic E-state index is 0.257. The van der Waals surface area contributed by atoms with Crippen molar-refractivity contribution in [3.05, 3.63) is 0 Å². The maximum absolute atomic E-state index is 6.16. The lowest BCUT2D eigenvalue weighted by atomic mass is 9.82. The van der Waals surface area contributed by atoms with Crippen LogP contribution < -0.4 is 5.73 Å². The van der Waals surface area contributed by atoms with Gasteiger partial charge in [0.05, 0.1) is 0 Å². The Labute approximate surface area is 106 Å². The van der Waals surface area contributed by atoms with Gasteiger partial charge in [-0.25, -0.2) is 0 Å². The zero-order chi connectivity index (χ0) is 12.5. The monoisotopic (exact) mass is 239 g/mol. The van der Waals surface area contributed by atoms with E-state index in [0.717, 1.165) is 19.0 Å². The summed E-state index contributed by atoms with van der Waals surface area (Å²) >= 11 is 0. The van der Waals surface area contributed by atoms with Gasteiger partial charge < -0.3 is 10.6 Å². The van der Waals surface area contributed by atoms with Gasteiger partial charge in [-0.15, -0.1) is 0 Å². The third kappa shape index (κ3) is 2.67. The van der Waals surface area contributed by atoms with Crippen molar-refractivity contribution in [2.24, 2.45) is 11.7 Å². The Balaban J connectivity index is 2.11. The fourth-order valence-corrected chi connectivity index (χ4v) is 3.97. The standard InChI is InChI=1S/C14H29N3/c1-12-5-8-17(13(2)9-12)14(10-15)6-4-7-16(3)11-14/h12-13H,4-11,15H2,1-3H3. The van der Waals surface area contributed by atoms with Crippen molar-refractivity contribution in [3.8, 4) is 0 Å². The van der Waals surface area contributed by atoms with Crippen LogP contribution in [0.2, 0.25) is 0 Å². The number of hydrogen-bond donors (Lipinski definition) is 1. The van der Waals surface area contributed by atoms with E-state index in [1.165, 1.54) is 38.8 Å². The highest BCUT2D eigenvalue weighted by Gasteiger charge is 2.42. The predicted octanol–water partition coefficient (Wildman–Crippen LogP) is 1.53. The Morgan fingerprint density at radius 3 is 2.65 bits per heavy atom. The zero-order valence-corrected chi connectivity index (χ0v) is 11.8. The van der Waals surface area contributed by atoms with Gasteiger partial charge >= 0.3 is 0 Å². The van der Waals surface area contributed by atoms with Crippen LogP contribution >= 0.6 is 0 Å². The predicted molar refractivity (Wildman–Crippen MR) is 73.1 cm³/mol. The molecule has 0 aromatic rings. The van der Waals surface area contributed by atoms with E-state index in [1.807, 2.05) is 0 Å². The van der Waals surface area contributed by atoms with E-state index in [0.29, 0.717) is 6.04 Å². The Morgan fingerprint density at radius 1 is 1.29 bits per heavy atom. The third-order valence-electron chi connectivity index (χ3n) is 4.87. The highest BCUT2D eigenvalue weighted by Crippen LogP contribution is 2.33. The van der Waals surface area contributed by atoms with Gasteiger partial charge in [0, 0.05) is 24.7 Å². The third-order valence-corrected chi connectivity index (χ3v) is 4.87. The minimum Gasteiger partial charge on any atom is -0.329 e. The molecule has 100 valence electrons. The van der Waals surface area contributed by atoms with E-state index in [2.05, 4.69) is 30.7 Å². The molecule has 0 aromatic carbocycles. The molecule has 3 heteroatoms. The lowest BCUT2D eigenvalue weighted by Crippen LogP contribution is -2.65. The summed E-state index contributed by atoms with van der Waals surface area (Å²) in [4.78, 5) is 5.18. The molecule has 3 unspecified atom stereocenters. The second kappa shape index (κ2) is 5.25. The van der Waals surface area contributed by atoms with Crippen molar-refractivity contribution in [2.45, 2.75) is 51.1 Å². The highest BCUT2D eigenvalue weighted by atomic mass is 15.3. The van der Waals surface area contributed by atoms with Crippen LogP contribution in [-0.2, 0) is 0 Å². The Hall–Kier alpha value is -0.120. The van der Waals surface area contributed by atoms with Crippen molar-refractivity contribution >= 4 is 0 Å². The maximum atomic E-state index is 6.16. The number of hydrogen-bond acceptors (Lipinski definition) is 3. The molecule has 2 N–H and O–H groups in total. The zero-order valence-electron chi connectivity index (χ0n) is 11.8. The van der Waals surface area contributed by atoms with Crippen LogP contribution in [0.5, 0.6) is 0 Å². The molecule has 3 nitrogen and oxygen atoms in total. The Kier molecular flexibility index (Phi) is 4.11. The summed E-state index contributed by atoms with van der Waals surface area (Å²) in [5, 5.41) is 0. The fourth-order valence-electron chi connectivity index (χ4n) is 3.97. The molecule has 2 saturated heterocycles. The van der Waals surface area contributed by atoms with Gasteiger partial charge in [0.15, 0.2) is 0 Å². The van der Waals surface area contributed by atoms with Crippen molar-refractivity contribution < 1.29 is 0 Å². The van der Waals surface area contributed by atoms with E-state index >= 15 is 0 Å². The molecule has 0 radical (unpaired) electrons. The van der Waals surface area contributed by atoms with Crippen LogP contribution in [0.15, 0.2) is 0 Å². The molecule has 3 atom stereocenters. The first-order chi connectivity index (χ1) is 8.07. The molecule has 0 saturated carbocycles. The lowest BCUT2D eigenvalue weighted by Gasteiger charge is -2.53. The average Bonchev–Trinajstić information content (AvgIpc) is 2.28. The number of likely N-dealkylation sites (N-methyl/N-ethyl adjacent to an activating group) is 1. The summed E-state index contributed by atoms with van der Waals surface area (Å²) in [5.41, 5.74) is 6.42. The van der Waals surface area contributed by atoms with Crippen molar-refractivity contribution in [1.29, 1.82) is 0 Å². The summed E-state index contributed by atoms with van der Waals surface area (Å²) < 4.78 is 0. The first kappa shape index (κ1) is 13.3. The van der Waals surface area contributed by atoms with Crippen LogP contribution in [0.1, 0.15) is 39.5 Å². The molecule has 0 amide bonds. The normalized spacial score (nSPS) is 41.6. The largest absolute Gasteiger partial charge is 0.329 e. The van der Waals surface area contributed by atoms with Gasteiger partial charge in [-0.3, -0.25) is 4.90 Å². The van der Waals surface area contributed by atoms with Gasteiger partial charge in [0.25, 0.3) is 0 Å².